The van der Waals surface area contributed by atoms with Gasteiger partial charge in [0.2, 0.25) is 0 Å². The minimum atomic E-state index is -0.270. The maximum atomic E-state index is 6.17. The lowest BCUT2D eigenvalue weighted by atomic mass is 10.0. The van der Waals surface area contributed by atoms with E-state index in [-0.39, 0.29) is 5.54 Å². The number of nitrogens with zero attached hydrogens (tertiary/aromatic N) is 2. The van der Waals surface area contributed by atoms with E-state index in [0.29, 0.717) is 5.92 Å². The highest BCUT2D eigenvalue weighted by Gasteiger charge is 2.43. The van der Waals surface area contributed by atoms with Gasteiger partial charge in [0.05, 0.1) is 11.2 Å². The predicted octanol–water partition coefficient (Wildman–Crippen LogP) is 3.29. The number of benzene rings is 1. The SMILES string of the molecule is CC(C)Cc1ccc(-c2ccnc(C3(N)CC3)n2)cc1. The predicted molar refractivity (Wildman–Crippen MR) is 81.1 cm³/mol. The molecule has 3 rings (SSSR count). The van der Waals surface area contributed by atoms with Crippen molar-refractivity contribution >= 4 is 0 Å². The maximum absolute atomic E-state index is 6.17. The Balaban J connectivity index is 1.85. The van der Waals surface area contributed by atoms with Gasteiger partial charge >= 0.3 is 0 Å². The summed E-state index contributed by atoms with van der Waals surface area (Å²) in [7, 11) is 0. The van der Waals surface area contributed by atoms with E-state index in [9.17, 15) is 0 Å². The van der Waals surface area contributed by atoms with Crippen LogP contribution in [0.5, 0.6) is 0 Å². The Labute approximate surface area is 120 Å². The fraction of sp³-hybridized carbons (Fsp3) is 0.412. The van der Waals surface area contributed by atoms with Crippen LogP contribution in [0.2, 0.25) is 0 Å². The molecule has 1 aliphatic rings. The van der Waals surface area contributed by atoms with E-state index in [1.165, 1.54) is 5.56 Å². The number of hydrogen-bond donors (Lipinski definition) is 1. The largest absolute Gasteiger partial charge is 0.319 e. The minimum absolute atomic E-state index is 0.270. The summed E-state index contributed by atoms with van der Waals surface area (Å²) < 4.78 is 0. The van der Waals surface area contributed by atoms with Crippen LogP contribution in [-0.2, 0) is 12.0 Å². The molecular formula is C17H21N3. The molecular weight excluding hydrogens is 246 g/mol. The lowest BCUT2D eigenvalue weighted by Gasteiger charge is -2.09. The van der Waals surface area contributed by atoms with Gasteiger partial charge in [0.1, 0.15) is 5.82 Å². The van der Waals surface area contributed by atoms with Crippen molar-refractivity contribution in [3.05, 3.63) is 47.9 Å². The molecule has 1 aromatic heterocycles. The second-order valence-electron chi connectivity index (χ2n) is 6.22. The van der Waals surface area contributed by atoms with Crippen molar-refractivity contribution in [1.29, 1.82) is 0 Å². The van der Waals surface area contributed by atoms with Gasteiger partial charge in [-0.25, -0.2) is 9.97 Å². The summed E-state index contributed by atoms with van der Waals surface area (Å²) in [5, 5.41) is 0. The first kappa shape index (κ1) is 13.3. The zero-order valence-electron chi connectivity index (χ0n) is 12.1. The van der Waals surface area contributed by atoms with Gasteiger partial charge in [-0.05, 0) is 36.8 Å². The van der Waals surface area contributed by atoms with Gasteiger partial charge in [-0.1, -0.05) is 38.1 Å². The third-order valence-corrected chi connectivity index (χ3v) is 3.78. The second kappa shape index (κ2) is 4.98. The summed E-state index contributed by atoms with van der Waals surface area (Å²) in [5.41, 5.74) is 9.36. The molecule has 0 saturated heterocycles. The average molecular weight is 267 g/mol. The van der Waals surface area contributed by atoms with Gasteiger partial charge in [0.25, 0.3) is 0 Å². The lowest BCUT2D eigenvalue weighted by molar-refractivity contribution is 0.647. The molecule has 20 heavy (non-hydrogen) atoms. The summed E-state index contributed by atoms with van der Waals surface area (Å²) in [6.45, 7) is 4.47. The second-order valence-corrected chi connectivity index (χ2v) is 6.22. The molecule has 1 aliphatic carbocycles. The number of nitrogens with two attached hydrogens (primary N) is 1. The smallest absolute Gasteiger partial charge is 0.148 e. The highest BCUT2D eigenvalue weighted by Crippen LogP contribution is 2.40. The molecule has 0 unspecified atom stereocenters. The molecule has 0 atom stereocenters. The van der Waals surface area contributed by atoms with Gasteiger partial charge in [0, 0.05) is 11.8 Å². The van der Waals surface area contributed by atoms with Crippen LogP contribution in [-0.4, -0.2) is 9.97 Å². The van der Waals surface area contributed by atoms with Gasteiger partial charge in [-0.15, -0.1) is 0 Å². The Kier molecular flexibility index (Phi) is 3.30. The van der Waals surface area contributed by atoms with Crippen LogP contribution in [0.4, 0.5) is 0 Å². The highest BCUT2D eigenvalue weighted by atomic mass is 15.0. The van der Waals surface area contributed by atoms with Crippen molar-refractivity contribution in [2.45, 2.75) is 38.6 Å². The van der Waals surface area contributed by atoms with E-state index >= 15 is 0 Å². The number of hydrogen-bond acceptors (Lipinski definition) is 3. The third kappa shape index (κ3) is 2.73. The molecule has 104 valence electrons. The Morgan fingerprint density at radius 3 is 2.45 bits per heavy atom. The van der Waals surface area contributed by atoms with Crippen molar-refractivity contribution in [1.82, 2.24) is 9.97 Å². The van der Waals surface area contributed by atoms with Crippen molar-refractivity contribution in [2.24, 2.45) is 11.7 Å². The van der Waals surface area contributed by atoms with E-state index in [0.717, 1.165) is 36.3 Å². The van der Waals surface area contributed by atoms with Gasteiger partial charge in [-0.2, -0.15) is 0 Å². The van der Waals surface area contributed by atoms with Crippen LogP contribution in [0.3, 0.4) is 0 Å². The summed E-state index contributed by atoms with van der Waals surface area (Å²) >= 11 is 0. The summed E-state index contributed by atoms with van der Waals surface area (Å²) in [4.78, 5) is 8.95. The molecule has 0 amide bonds. The zero-order valence-corrected chi connectivity index (χ0v) is 12.1. The monoisotopic (exact) mass is 267 g/mol. The highest BCUT2D eigenvalue weighted by molar-refractivity contribution is 5.59. The fourth-order valence-electron chi connectivity index (χ4n) is 2.40. The standard InChI is InChI=1S/C17H21N3/c1-12(2)11-13-3-5-14(6-4-13)15-7-10-19-16(20-15)17(18)8-9-17/h3-7,10,12H,8-9,11,18H2,1-2H3. The van der Waals surface area contributed by atoms with Crippen molar-refractivity contribution in [2.75, 3.05) is 0 Å². The fourth-order valence-corrected chi connectivity index (χ4v) is 2.40. The van der Waals surface area contributed by atoms with E-state index in [2.05, 4.69) is 48.1 Å². The summed E-state index contributed by atoms with van der Waals surface area (Å²) in [6, 6.07) is 10.6. The maximum Gasteiger partial charge on any atom is 0.148 e. The molecule has 2 aromatic rings. The Morgan fingerprint density at radius 1 is 1.15 bits per heavy atom. The van der Waals surface area contributed by atoms with Gasteiger partial charge in [-0.3, -0.25) is 0 Å². The molecule has 0 bridgehead atoms. The van der Waals surface area contributed by atoms with E-state index in [4.69, 9.17) is 5.73 Å². The molecule has 1 saturated carbocycles. The minimum Gasteiger partial charge on any atom is -0.319 e. The lowest BCUT2D eigenvalue weighted by Crippen LogP contribution is -2.22. The van der Waals surface area contributed by atoms with Crippen LogP contribution >= 0.6 is 0 Å². The first-order valence-electron chi connectivity index (χ1n) is 7.28. The van der Waals surface area contributed by atoms with Crippen molar-refractivity contribution < 1.29 is 0 Å². The quantitative estimate of drug-likeness (QED) is 0.924. The Bertz CT molecular complexity index is 598. The third-order valence-electron chi connectivity index (χ3n) is 3.78. The first-order valence-corrected chi connectivity index (χ1v) is 7.28. The molecule has 0 radical (unpaired) electrons. The van der Waals surface area contributed by atoms with Crippen LogP contribution in [0.1, 0.15) is 38.1 Å². The molecule has 1 fully saturated rings. The van der Waals surface area contributed by atoms with Crippen molar-refractivity contribution in [3.8, 4) is 11.3 Å². The summed E-state index contributed by atoms with van der Waals surface area (Å²) in [6.07, 6.45) is 4.90. The van der Waals surface area contributed by atoms with E-state index < -0.39 is 0 Å². The molecule has 1 aromatic carbocycles. The molecule has 1 heterocycles. The summed E-state index contributed by atoms with van der Waals surface area (Å²) in [5.74, 6) is 1.46. The molecule has 3 nitrogen and oxygen atoms in total. The Morgan fingerprint density at radius 2 is 1.85 bits per heavy atom. The number of aromatic nitrogens is 2. The molecule has 3 heteroatoms. The molecule has 0 spiro atoms. The van der Waals surface area contributed by atoms with Gasteiger partial charge < -0.3 is 5.73 Å². The Hall–Kier alpha value is -1.74. The number of rotatable bonds is 4. The van der Waals surface area contributed by atoms with E-state index in [1.54, 1.807) is 0 Å². The normalized spacial score (nSPS) is 16.4. The zero-order chi connectivity index (χ0) is 14.2. The topological polar surface area (TPSA) is 51.8 Å². The van der Waals surface area contributed by atoms with Crippen LogP contribution in [0.15, 0.2) is 36.5 Å². The van der Waals surface area contributed by atoms with Gasteiger partial charge in [0.15, 0.2) is 0 Å². The first-order chi connectivity index (χ1) is 9.57. The van der Waals surface area contributed by atoms with Crippen molar-refractivity contribution in [3.63, 3.8) is 0 Å². The molecule has 0 aliphatic heterocycles. The molecule has 2 N–H and O–H groups in total. The average Bonchev–Trinajstić information content (AvgIpc) is 3.19. The van der Waals surface area contributed by atoms with Crippen LogP contribution < -0.4 is 5.73 Å². The van der Waals surface area contributed by atoms with Crippen LogP contribution in [0, 0.1) is 5.92 Å². The van der Waals surface area contributed by atoms with Crippen LogP contribution in [0.25, 0.3) is 11.3 Å². The van der Waals surface area contributed by atoms with E-state index in [1.807, 2.05) is 12.3 Å².